The maximum atomic E-state index is 10.8. The van der Waals surface area contributed by atoms with Crippen LogP contribution in [0.1, 0.15) is 6.42 Å². The van der Waals surface area contributed by atoms with Crippen LogP contribution in [-0.2, 0) is 14.3 Å². The lowest BCUT2D eigenvalue weighted by atomic mass is 10.3. The van der Waals surface area contributed by atoms with Gasteiger partial charge in [-0.1, -0.05) is 0 Å². The summed E-state index contributed by atoms with van der Waals surface area (Å²) in [6.45, 7) is 1.76. The highest BCUT2D eigenvalue weighted by Crippen LogP contribution is 2.02. The summed E-state index contributed by atoms with van der Waals surface area (Å²) in [7, 11) is 1.48. The van der Waals surface area contributed by atoms with Crippen molar-refractivity contribution >= 4 is 5.97 Å². The highest BCUT2D eigenvalue weighted by Gasteiger charge is 2.17. The van der Waals surface area contributed by atoms with Gasteiger partial charge in [0, 0.05) is 13.7 Å². The number of hydrogen-bond acceptors (Lipinski definition) is 4. The summed E-state index contributed by atoms with van der Waals surface area (Å²) in [5.41, 5.74) is 0. The van der Waals surface area contributed by atoms with Crippen LogP contribution in [0.4, 0.5) is 0 Å². The van der Waals surface area contributed by atoms with E-state index < -0.39 is 0 Å². The molecule has 0 aliphatic carbocycles. The molecule has 0 saturated carbocycles. The fraction of sp³-hybridized carbons (Fsp3) is 0.857. The smallest absolute Gasteiger partial charge is 0.332 e. The molecule has 1 N–H and O–H groups in total. The van der Waals surface area contributed by atoms with Gasteiger partial charge in [0.2, 0.25) is 0 Å². The van der Waals surface area contributed by atoms with Crippen LogP contribution >= 0.6 is 0 Å². The van der Waals surface area contributed by atoms with Crippen molar-refractivity contribution in [2.45, 2.75) is 12.5 Å². The molecular weight excluding hydrogens is 146 g/mol. The van der Waals surface area contributed by atoms with Crippen molar-refractivity contribution in [3.63, 3.8) is 0 Å². The summed E-state index contributed by atoms with van der Waals surface area (Å²) in [4.78, 5) is 10.8. The zero-order valence-corrected chi connectivity index (χ0v) is 6.63. The van der Waals surface area contributed by atoms with E-state index >= 15 is 0 Å². The van der Waals surface area contributed by atoms with E-state index in [4.69, 9.17) is 4.74 Å². The Morgan fingerprint density at radius 3 is 3.09 bits per heavy atom. The van der Waals surface area contributed by atoms with Crippen molar-refractivity contribution in [2.75, 3.05) is 26.8 Å². The van der Waals surface area contributed by atoms with E-state index in [0.29, 0.717) is 0 Å². The average molecular weight is 159 g/mol. The van der Waals surface area contributed by atoms with Crippen molar-refractivity contribution in [1.29, 1.82) is 0 Å². The predicted octanol–water partition coefficient (Wildman–Crippen LogP) is -0.462. The van der Waals surface area contributed by atoms with Gasteiger partial charge in [0.1, 0.15) is 12.7 Å². The molecular formula is C7H13NO3. The highest BCUT2D eigenvalue weighted by molar-refractivity contribution is 5.70. The number of nitrogens with one attached hydrogen (secondary N) is 1. The standard InChI is InChI=1S/C7H13NO3/c1-10-5-7(9)11-6-2-3-8-4-6/h6,8H,2-5H2,1H3/t6-/m0/s1. The van der Waals surface area contributed by atoms with Gasteiger partial charge in [-0.25, -0.2) is 4.79 Å². The van der Waals surface area contributed by atoms with Gasteiger partial charge in [0.25, 0.3) is 0 Å². The third kappa shape index (κ3) is 2.86. The van der Waals surface area contributed by atoms with Crippen LogP contribution in [0.25, 0.3) is 0 Å². The molecule has 0 aromatic heterocycles. The number of esters is 1. The molecule has 4 nitrogen and oxygen atoms in total. The first-order valence-corrected chi connectivity index (χ1v) is 3.72. The summed E-state index contributed by atoms with van der Waals surface area (Å²) in [6, 6.07) is 0. The molecule has 0 radical (unpaired) electrons. The lowest BCUT2D eigenvalue weighted by Crippen LogP contribution is -2.23. The maximum absolute atomic E-state index is 10.8. The number of hydrogen-bond donors (Lipinski definition) is 1. The van der Waals surface area contributed by atoms with Gasteiger partial charge in [0.05, 0.1) is 0 Å². The monoisotopic (exact) mass is 159 g/mol. The minimum Gasteiger partial charge on any atom is -0.459 e. The number of rotatable bonds is 3. The molecule has 11 heavy (non-hydrogen) atoms. The van der Waals surface area contributed by atoms with Crippen molar-refractivity contribution in [1.82, 2.24) is 5.32 Å². The molecule has 1 fully saturated rings. The van der Waals surface area contributed by atoms with E-state index in [1.165, 1.54) is 7.11 Å². The SMILES string of the molecule is COCC(=O)O[C@H]1CCNC1. The largest absolute Gasteiger partial charge is 0.459 e. The molecule has 1 heterocycles. The highest BCUT2D eigenvalue weighted by atomic mass is 16.6. The molecule has 1 aliphatic heterocycles. The molecule has 0 bridgehead atoms. The first-order chi connectivity index (χ1) is 5.33. The molecule has 64 valence electrons. The zero-order valence-electron chi connectivity index (χ0n) is 6.63. The molecule has 4 heteroatoms. The van der Waals surface area contributed by atoms with Crippen molar-refractivity contribution in [3.05, 3.63) is 0 Å². The molecule has 1 rings (SSSR count). The number of ether oxygens (including phenoxy) is 2. The Balaban J connectivity index is 2.13. The summed E-state index contributed by atoms with van der Waals surface area (Å²) < 4.78 is 9.64. The van der Waals surface area contributed by atoms with Crippen LogP contribution in [0.3, 0.4) is 0 Å². The van der Waals surface area contributed by atoms with Gasteiger partial charge in [0.15, 0.2) is 0 Å². The number of methoxy groups -OCH3 is 1. The molecule has 0 amide bonds. The summed E-state index contributed by atoms with van der Waals surface area (Å²) in [5, 5.41) is 3.10. The minimum absolute atomic E-state index is 0.0521. The first kappa shape index (κ1) is 8.49. The Morgan fingerprint density at radius 1 is 1.73 bits per heavy atom. The fourth-order valence-corrected chi connectivity index (χ4v) is 1.07. The van der Waals surface area contributed by atoms with Crippen molar-refractivity contribution in [3.8, 4) is 0 Å². The lowest BCUT2D eigenvalue weighted by molar-refractivity contribution is -0.152. The summed E-state index contributed by atoms with van der Waals surface area (Å²) in [6.07, 6.45) is 0.966. The first-order valence-electron chi connectivity index (χ1n) is 3.72. The second kappa shape index (κ2) is 4.31. The van der Waals surface area contributed by atoms with Gasteiger partial charge in [-0.15, -0.1) is 0 Å². The normalized spacial score (nSPS) is 23.5. The molecule has 0 aromatic carbocycles. The molecule has 0 spiro atoms. The lowest BCUT2D eigenvalue weighted by Gasteiger charge is -2.09. The minimum atomic E-state index is -0.277. The zero-order chi connectivity index (χ0) is 8.10. The molecule has 1 saturated heterocycles. The molecule has 1 atom stereocenters. The van der Waals surface area contributed by atoms with E-state index in [-0.39, 0.29) is 18.7 Å². The quantitative estimate of drug-likeness (QED) is 0.566. The van der Waals surface area contributed by atoms with Crippen LogP contribution in [0.15, 0.2) is 0 Å². The third-order valence-corrected chi connectivity index (χ3v) is 1.58. The summed E-state index contributed by atoms with van der Waals surface area (Å²) in [5.74, 6) is -0.277. The van der Waals surface area contributed by atoms with Gasteiger partial charge in [-0.3, -0.25) is 0 Å². The number of carbonyl (C=O) groups is 1. The molecule has 0 aromatic rings. The predicted molar refractivity (Wildman–Crippen MR) is 39.2 cm³/mol. The second-order valence-corrected chi connectivity index (χ2v) is 2.54. The Kier molecular flexibility index (Phi) is 3.32. The fourth-order valence-electron chi connectivity index (χ4n) is 1.07. The van der Waals surface area contributed by atoms with Crippen LogP contribution in [-0.4, -0.2) is 38.9 Å². The van der Waals surface area contributed by atoms with Gasteiger partial charge >= 0.3 is 5.97 Å². The van der Waals surface area contributed by atoms with E-state index in [0.717, 1.165) is 19.5 Å². The van der Waals surface area contributed by atoms with Crippen molar-refractivity contribution < 1.29 is 14.3 Å². The Morgan fingerprint density at radius 2 is 2.55 bits per heavy atom. The Bertz CT molecular complexity index is 132. The Labute approximate surface area is 65.9 Å². The van der Waals surface area contributed by atoms with Gasteiger partial charge in [-0.2, -0.15) is 0 Å². The van der Waals surface area contributed by atoms with Crippen LogP contribution < -0.4 is 5.32 Å². The Hall–Kier alpha value is -0.610. The third-order valence-electron chi connectivity index (χ3n) is 1.58. The van der Waals surface area contributed by atoms with Crippen LogP contribution in [0.2, 0.25) is 0 Å². The van der Waals surface area contributed by atoms with E-state index in [9.17, 15) is 4.79 Å². The topological polar surface area (TPSA) is 47.6 Å². The van der Waals surface area contributed by atoms with Crippen LogP contribution in [0, 0.1) is 0 Å². The number of carbonyl (C=O) groups excluding carboxylic acids is 1. The van der Waals surface area contributed by atoms with Gasteiger partial charge < -0.3 is 14.8 Å². The molecule has 1 aliphatic rings. The van der Waals surface area contributed by atoms with E-state index in [1.54, 1.807) is 0 Å². The second-order valence-electron chi connectivity index (χ2n) is 2.54. The molecule has 0 unspecified atom stereocenters. The average Bonchev–Trinajstić information content (AvgIpc) is 2.40. The summed E-state index contributed by atoms with van der Waals surface area (Å²) >= 11 is 0. The van der Waals surface area contributed by atoms with Crippen LogP contribution in [0.5, 0.6) is 0 Å². The van der Waals surface area contributed by atoms with E-state index in [2.05, 4.69) is 10.1 Å². The maximum Gasteiger partial charge on any atom is 0.332 e. The van der Waals surface area contributed by atoms with Crippen molar-refractivity contribution in [2.24, 2.45) is 0 Å². The van der Waals surface area contributed by atoms with Gasteiger partial charge in [-0.05, 0) is 13.0 Å². The van der Waals surface area contributed by atoms with E-state index in [1.807, 2.05) is 0 Å².